The fourth-order valence-corrected chi connectivity index (χ4v) is 1.13. The van der Waals surface area contributed by atoms with Crippen molar-refractivity contribution in [2.75, 3.05) is 6.61 Å². The second kappa shape index (κ2) is 3.92. The minimum Gasteiger partial charge on any atom is -0.446 e. The Morgan fingerprint density at radius 3 is 2.73 bits per heavy atom. The van der Waals surface area contributed by atoms with Gasteiger partial charge in [-0.25, -0.2) is 14.5 Å². The van der Waals surface area contributed by atoms with Crippen LogP contribution in [0.3, 0.4) is 0 Å². The highest BCUT2D eigenvalue weighted by Crippen LogP contribution is 2.18. The lowest BCUT2D eigenvalue weighted by molar-refractivity contribution is 0.0312. The Labute approximate surface area is 88.6 Å². The van der Waals surface area contributed by atoms with Gasteiger partial charge in [0.05, 0.1) is 6.04 Å². The van der Waals surface area contributed by atoms with E-state index in [9.17, 15) is 9.59 Å². The Hall–Kier alpha value is -1.52. The second-order valence-electron chi connectivity index (χ2n) is 4.23. The molecule has 1 atom stereocenters. The summed E-state index contributed by atoms with van der Waals surface area (Å²) in [6.07, 6.45) is 0.0958. The van der Waals surface area contributed by atoms with Gasteiger partial charge in [0.25, 0.3) is 0 Å². The van der Waals surface area contributed by atoms with Crippen molar-refractivity contribution >= 4 is 12.2 Å². The van der Waals surface area contributed by atoms with Crippen LogP contribution in [0, 0.1) is 0 Å². The first kappa shape index (κ1) is 11.6. The zero-order chi connectivity index (χ0) is 11.6. The number of cyclic esters (lactones) is 1. The van der Waals surface area contributed by atoms with Crippen LogP contribution in [0.15, 0.2) is 12.7 Å². The summed E-state index contributed by atoms with van der Waals surface area (Å²) in [5.41, 5.74) is -0.633. The minimum absolute atomic E-state index is 0.140. The lowest BCUT2D eigenvalue weighted by Crippen LogP contribution is -2.41. The van der Waals surface area contributed by atoms with Crippen LogP contribution in [0.2, 0.25) is 0 Å². The Morgan fingerprint density at radius 2 is 2.27 bits per heavy atom. The van der Waals surface area contributed by atoms with Gasteiger partial charge in [0.1, 0.15) is 12.2 Å². The van der Waals surface area contributed by atoms with E-state index in [0.717, 1.165) is 4.90 Å². The Balaban J connectivity index is 2.73. The van der Waals surface area contributed by atoms with E-state index in [0.29, 0.717) is 0 Å². The molecule has 0 spiro atoms. The van der Waals surface area contributed by atoms with E-state index in [2.05, 4.69) is 6.58 Å². The van der Waals surface area contributed by atoms with Gasteiger partial charge in [0.15, 0.2) is 0 Å². The fraction of sp³-hybridized carbons (Fsp3) is 0.600. The predicted molar refractivity (Wildman–Crippen MR) is 53.4 cm³/mol. The molecule has 1 aliphatic rings. The molecule has 5 nitrogen and oxygen atoms in total. The molecule has 2 amide bonds. The van der Waals surface area contributed by atoms with Gasteiger partial charge in [-0.3, -0.25) is 0 Å². The number of ether oxygens (including phenoxy) is 2. The first-order valence-corrected chi connectivity index (χ1v) is 4.66. The number of hydrogen-bond acceptors (Lipinski definition) is 4. The predicted octanol–water partition coefficient (Wildman–Crippen LogP) is 1.93. The van der Waals surface area contributed by atoms with Gasteiger partial charge in [-0.1, -0.05) is 6.08 Å². The van der Waals surface area contributed by atoms with Crippen molar-refractivity contribution in [3.05, 3.63) is 12.7 Å². The summed E-state index contributed by atoms with van der Waals surface area (Å²) in [6.45, 7) is 8.86. The van der Waals surface area contributed by atoms with Crippen LogP contribution in [0.25, 0.3) is 0 Å². The molecule has 1 aliphatic heterocycles. The molecule has 5 heteroatoms. The maximum Gasteiger partial charge on any atom is 0.420 e. The molecule has 0 aliphatic carbocycles. The van der Waals surface area contributed by atoms with Crippen LogP contribution < -0.4 is 0 Å². The highest BCUT2D eigenvalue weighted by molar-refractivity contribution is 5.90. The van der Waals surface area contributed by atoms with E-state index >= 15 is 0 Å². The summed E-state index contributed by atoms with van der Waals surface area (Å²) in [4.78, 5) is 23.8. The van der Waals surface area contributed by atoms with E-state index in [4.69, 9.17) is 9.47 Å². The maximum absolute atomic E-state index is 11.6. The first-order chi connectivity index (χ1) is 6.85. The summed E-state index contributed by atoms with van der Waals surface area (Å²) in [5.74, 6) is 0. The van der Waals surface area contributed by atoms with E-state index < -0.39 is 23.8 Å². The fourth-order valence-electron chi connectivity index (χ4n) is 1.13. The molecule has 0 aromatic rings. The highest BCUT2D eigenvalue weighted by Gasteiger charge is 2.38. The molecule has 1 saturated heterocycles. The van der Waals surface area contributed by atoms with Crippen molar-refractivity contribution in [3.63, 3.8) is 0 Å². The lowest BCUT2D eigenvalue weighted by atomic mass is 10.2. The molecule has 0 saturated carbocycles. The van der Waals surface area contributed by atoms with Crippen LogP contribution in [0.1, 0.15) is 20.8 Å². The third-order valence-electron chi connectivity index (χ3n) is 1.77. The van der Waals surface area contributed by atoms with Crippen molar-refractivity contribution in [2.45, 2.75) is 32.4 Å². The minimum atomic E-state index is -0.699. The maximum atomic E-state index is 11.6. The van der Waals surface area contributed by atoms with Crippen molar-refractivity contribution in [3.8, 4) is 0 Å². The van der Waals surface area contributed by atoms with Crippen molar-refractivity contribution < 1.29 is 19.1 Å². The van der Waals surface area contributed by atoms with Crippen molar-refractivity contribution in [2.24, 2.45) is 0 Å². The van der Waals surface area contributed by atoms with Gasteiger partial charge in [-0.05, 0) is 20.8 Å². The molecule has 0 N–H and O–H groups in total. The first-order valence-electron chi connectivity index (χ1n) is 4.66. The standard InChI is InChI=1S/C10H15NO4/c1-5-7-6-14-8(12)11(7)9(13)15-10(2,3)4/h5,7H,1,6H2,2-4H3. The zero-order valence-corrected chi connectivity index (χ0v) is 9.15. The number of carbonyl (C=O) groups is 2. The number of rotatable bonds is 1. The van der Waals surface area contributed by atoms with Gasteiger partial charge in [0, 0.05) is 0 Å². The van der Waals surface area contributed by atoms with Crippen LogP contribution in [0.5, 0.6) is 0 Å². The SMILES string of the molecule is C=CC1COC(=O)N1C(=O)OC(C)(C)C. The number of amides is 2. The van der Waals surface area contributed by atoms with Crippen LogP contribution in [0.4, 0.5) is 9.59 Å². The van der Waals surface area contributed by atoms with Gasteiger partial charge in [0.2, 0.25) is 0 Å². The molecule has 0 bridgehead atoms. The van der Waals surface area contributed by atoms with Gasteiger partial charge in [-0.15, -0.1) is 6.58 Å². The summed E-state index contributed by atoms with van der Waals surface area (Å²) < 4.78 is 9.78. The Morgan fingerprint density at radius 1 is 1.67 bits per heavy atom. The smallest absolute Gasteiger partial charge is 0.420 e. The van der Waals surface area contributed by atoms with E-state index in [-0.39, 0.29) is 6.61 Å². The summed E-state index contributed by atoms with van der Waals surface area (Å²) in [7, 11) is 0. The Kier molecular flexibility index (Phi) is 3.02. The molecule has 0 aromatic carbocycles. The van der Waals surface area contributed by atoms with E-state index in [1.54, 1.807) is 20.8 Å². The summed E-state index contributed by atoms with van der Waals surface area (Å²) in [5, 5.41) is 0. The average Bonchev–Trinajstić information content (AvgIpc) is 2.43. The number of hydrogen-bond donors (Lipinski definition) is 0. The van der Waals surface area contributed by atoms with Crippen LogP contribution in [-0.2, 0) is 9.47 Å². The summed E-state index contributed by atoms with van der Waals surface area (Å²) >= 11 is 0. The molecule has 15 heavy (non-hydrogen) atoms. The van der Waals surface area contributed by atoms with E-state index in [1.807, 2.05) is 0 Å². The van der Waals surface area contributed by atoms with Crippen LogP contribution in [-0.4, -0.2) is 35.3 Å². The van der Waals surface area contributed by atoms with Crippen molar-refractivity contribution in [1.29, 1.82) is 0 Å². The molecular weight excluding hydrogens is 198 g/mol. The molecule has 1 rings (SSSR count). The number of nitrogens with zero attached hydrogens (tertiary/aromatic N) is 1. The molecule has 0 radical (unpaired) electrons. The zero-order valence-electron chi connectivity index (χ0n) is 9.15. The molecule has 84 valence electrons. The van der Waals surface area contributed by atoms with Gasteiger partial charge < -0.3 is 9.47 Å². The normalized spacial score (nSPS) is 21.1. The largest absolute Gasteiger partial charge is 0.446 e. The van der Waals surface area contributed by atoms with Crippen molar-refractivity contribution in [1.82, 2.24) is 4.90 Å². The number of carbonyl (C=O) groups excluding carboxylic acids is 2. The topological polar surface area (TPSA) is 55.8 Å². The second-order valence-corrected chi connectivity index (χ2v) is 4.23. The quantitative estimate of drug-likeness (QED) is 0.624. The molecule has 1 unspecified atom stereocenters. The molecule has 1 fully saturated rings. The molecular formula is C10H15NO4. The average molecular weight is 213 g/mol. The third-order valence-corrected chi connectivity index (χ3v) is 1.77. The highest BCUT2D eigenvalue weighted by atomic mass is 16.6. The van der Waals surface area contributed by atoms with Gasteiger partial charge >= 0.3 is 12.2 Å². The Bertz CT molecular complexity index is 292. The summed E-state index contributed by atoms with van der Waals surface area (Å²) in [6, 6.07) is -0.438. The monoisotopic (exact) mass is 213 g/mol. The third kappa shape index (κ3) is 2.71. The number of imide groups is 1. The lowest BCUT2D eigenvalue weighted by Gasteiger charge is -2.24. The van der Waals surface area contributed by atoms with E-state index in [1.165, 1.54) is 6.08 Å². The van der Waals surface area contributed by atoms with Gasteiger partial charge in [-0.2, -0.15) is 0 Å². The van der Waals surface area contributed by atoms with Crippen LogP contribution >= 0.6 is 0 Å². The molecule has 0 aromatic heterocycles. The molecule has 1 heterocycles.